The number of anilines is 1. The molecule has 1 heterocycles. The van der Waals surface area contributed by atoms with Crippen LogP contribution in [0.2, 0.25) is 0 Å². The average molecular weight is 385 g/mol. The molecule has 9 nitrogen and oxygen atoms in total. The van der Waals surface area contributed by atoms with Crippen LogP contribution in [0.5, 0.6) is 0 Å². The van der Waals surface area contributed by atoms with E-state index in [-0.39, 0.29) is 10.8 Å². The zero-order chi connectivity index (χ0) is 19.2. The van der Waals surface area contributed by atoms with Gasteiger partial charge in [0.15, 0.2) is 6.29 Å². The van der Waals surface area contributed by atoms with Crippen molar-refractivity contribution >= 4 is 27.5 Å². The van der Waals surface area contributed by atoms with Crippen LogP contribution in [0.1, 0.15) is 26.2 Å². The number of carbonyl (C=O) groups is 2. The van der Waals surface area contributed by atoms with Crippen LogP contribution >= 0.6 is 0 Å². The van der Waals surface area contributed by atoms with E-state index in [2.05, 4.69) is 10.8 Å². The third-order valence-electron chi connectivity index (χ3n) is 3.69. The molecule has 1 unspecified atom stereocenters. The van der Waals surface area contributed by atoms with E-state index in [9.17, 15) is 18.0 Å². The van der Waals surface area contributed by atoms with Crippen LogP contribution in [0.15, 0.2) is 29.2 Å². The lowest BCUT2D eigenvalue weighted by molar-refractivity contribution is -0.200. The molecule has 1 aromatic carbocycles. The minimum absolute atomic E-state index is 0.0124. The van der Waals surface area contributed by atoms with Crippen LogP contribution in [-0.2, 0) is 29.2 Å². The largest absolute Gasteiger partial charge is 0.350 e. The van der Waals surface area contributed by atoms with Crippen LogP contribution in [0.4, 0.5) is 5.69 Å². The highest BCUT2D eigenvalue weighted by Crippen LogP contribution is 2.17. The first-order valence-corrected chi connectivity index (χ1v) is 9.63. The highest BCUT2D eigenvalue weighted by atomic mass is 32.2. The lowest BCUT2D eigenvalue weighted by Gasteiger charge is -2.23. The van der Waals surface area contributed by atoms with Crippen molar-refractivity contribution in [1.29, 1.82) is 0 Å². The summed E-state index contributed by atoms with van der Waals surface area (Å²) in [5, 5.41) is 2.55. The van der Waals surface area contributed by atoms with Crippen molar-refractivity contribution in [3.05, 3.63) is 24.3 Å². The number of benzene rings is 1. The molecule has 0 aromatic heterocycles. The van der Waals surface area contributed by atoms with Crippen LogP contribution < -0.4 is 10.8 Å². The zero-order valence-corrected chi connectivity index (χ0v) is 15.5. The number of likely N-dealkylation sites (N-methyl/N-ethyl adjacent to an activating group) is 1. The molecule has 1 atom stereocenters. The maximum atomic E-state index is 12.5. The van der Waals surface area contributed by atoms with Gasteiger partial charge in [-0.3, -0.25) is 9.59 Å². The minimum Gasteiger partial charge on any atom is -0.350 e. The van der Waals surface area contributed by atoms with E-state index in [1.165, 1.54) is 38.2 Å². The van der Waals surface area contributed by atoms with Gasteiger partial charge in [-0.25, -0.2) is 18.7 Å². The summed E-state index contributed by atoms with van der Waals surface area (Å²) in [5.41, 5.74) is 2.70. The Labute approximate surface area is 152 Å². The van der Waals surface area contributed by atoms with Gasteiger partial charge in [-0.2, -0.15) is 4.31 Å². The van der Waals surface area contributed by atoms with Crippen molar-refractivity contribution in [3.63, 3.8) is 0 Å². The number of hydroxylamine groups is 1. The summed E-state index contributed by atoms with van der Waals surface area (Å²) in [6.07, 6.45) is 2.07. The molecule has 2 N–H and O–H groups in total. The van der Waals surface area contributed by atoms with Crippen molar-refractivity contribution in [2.45, 2.75) is 37.4 Å². The smallest absolute Gasteiger partial charge is 0.258 e. The van der Waals surface area contributed by atoms with Gasteiger partial charge in [0.05, 0.1) is 11.4 Å². The Kier molecular flexibility index (Phi) is 7.09. The molecule has 26 heavy (non-hydrogen) atoms. The Balaban J connectivity index is 1.90. The second-order valence-electron chi connectivity index (χ2n) is 5.91. The number of ether oxygens (including phenoxy) is 1. The first kappa shape index (κ1) is 20.3. The Morgan fingerprint density at radius 2 is 1.96 bits per heavy atom. The highest BCUT2D eigenvalue weighted by molar-refractivity contribution is 7.89. The number of hydrogen-bond acceptors (Lipinski definition) is 6. The Morgan fingerprint density at radius 1 is 1.27 bits per heavy atom. The molecule has 0 bridgehead atoms. The molecule has 1 aromatic rings. The van der Waals surface area contributed by atoms with Crippen molar-refractivity contribution in [2.75, 3.05) is 25.5 Å². The number of nitrogens with one attached hydrogen (secondary N) is 2. The molecule has 2 rings (SSSR count). The summed E-state index contributed by atoms with van der Waals surface area (Å²) in [4.78, 5) is 28.0. The quantitative estimate of drug-likeness (QED) is 0.673. The summed E-state index contributed by atoms with van der Waals surface area (Å²) < 4.78 is 31.2. The van der Waals surface area contributed by atoms with Gasteiger partial charge in [-0.05, 0) is 37.1 Å². The van der Waals surface area contributed by atoms with Crippen molar-refractivity contribution < 1.29 is 27.6 Å². The van der Waals surface area contributed by atoms with Gasteiger partial charge in [-0.1, -0.05) is 0 Å². The molecular weight excluding hydrogens is 362 g/mol. The van der Waals surface area contributed by atoms with E-state index in [1.54, 1.807) is 0 Å². The first-order valence-electron chi connectivity index (χ1n) is 8.19. The minimum atomic E-state index is -3.85. The Morgan fingerprint density at radius 3 is 2.54 bits per heavy atom. The van der Waals surface area contributed by atoms with E-state index >= 15 is 0 Å². The molecule has 1 saturated heterocycles. The lowest BCUT2D eigenvalue weighted by atomic mass is 10.2. The standard InChI is InChI=1S/C16H23N3O6S/c1-12(20)17-13-6-8-14(9-7-13)26(22,23)19(2)11-15(21)18-25-16-5-3-4-10-24-16/h6-9,16H,3-5,10-11H2,1-2H3,(H,17,20)(H,18,21). The molecule has 10 heteroatoms. The van der Waals surface area contributed by atoms with Gasteiger partial charge in [0.1, 0.15) is 0 Å². The molecule has 144 valence electrons. The molecule has 2 amide bonds. The predicted octanol–water partition coefficient (Wildman–Crippen LogP) is 0.840. The number of nitrogens with zero attached hydrogens (tertiary/aromatic N) is 1. The number of carbonyl (C=O) groups excluding carboxylic acids is 2. The fourth-order valence-corrected chi connectivity index (χ4v) is 3.48. The third-order valence-corrected chi connectivity index (χ3v) is 5.51. The van der Waals surface area contributed by atoms with Crippen molar-refractivity contribution in [3.8, 4) is 0 Å². The Hall–Kier alpha value is -2.01. The second-order valence-corrected chi connectivity index (χ2v) is 7.95. The zero-order valence-electron chi connectivity index (χ0n) is 14.7. The van der Waals surface area contributed by atoms with E-state index in [4.69, 9.17) is 9.57 Å². The van der Waals surface area contributed by atoms with Crippen molar-refractivity contribution in [1.82, 2.24) is 9.79 Å². The van der Waals surface area contributed by atoms with Gasteiger partial charge in [0, 0.05) is 32.7 Å². The summed E-state index contributed by atoms with van der Waals surface area (Å²) in [7, 11) is -2.55. The summed E-state index contributed by atoms with van der Waals surface area (Å²) >= 11 is 0. The maximum Gasteiger partial charge on any atom is 0.258 e. The molecule has 1 fully saturated rings. The molecular formula is C16H23N3O6S. The molecule has 0 spiro atoms. The van der Waals surface area contributed by atoms with E-state index in [0.29, 0.717) is 18.7 Å². The van der Waals surface area contributed by atoms with Gasteiger partial charge < -0.3 is 10.1 Å². The number of sulfonamides is 1. The molecule has 0 radical (unpaired) electrons. The SMILES string of the molecule is CC(=O)Nc1ccc(S(=O)(=O)N(C)CC(=O)NOC2CCCCO2)cc1. The van der Waals surface area contributed by atoms with Crippen LogP contribution in [-0.4, -0.2) is 51.0 Å². The van der Waals surface area contributed by atoms with Gasteiger partial charge in [0.25, 0.3) is 5.91 Å². The van der Waals surface area contributed by atoms with E-state index in [0.717, 1.165) is 17.1 Å². The highest BCUT2D eigenvalue weighted by Gasteiger charge is 2.24. The second kappa shape index (κ2) is 9.08. The summed E-state index contributed by atoms with van der Waals surface area (Å²) in [6.45, 7) is 1.53. The fraction of sp³-hybridized carbons (Fsp3) is 0.500. The maximum absolute atomic E-state index is 12.5. The van der Waals surface area contributed by atoms with Gasteiger partial charge >= 0.3 is 0 Å². The monoisotopic (exact) mass is 385 g/mol. The number of amides is 2. The number of hydrogen-bond donors (Lipinski definition) is 2. The molecule has 0 aliphatic carbocycles. The number of rotatable bonds is 7. The summed E-state index contributed by atoms with van der Waals surface area (Å²) in [6, 6.07) is 5.68. The Bertz CT molecular complexity index is 729. The average Bonchev–Trinajstić information content (AvgIpc) is 2.61. The van der Waals surface area contributed by atoms with E-state index in [1.807, 2.05) is 0 Å². The van der Waals surface area contributed by atoms with E-state index < -0.39 is 28.8 Å². The lowest BCUT2D eigenvalue weighted by Crippen LogP contribution is -2.40. The molecule has 1 aliphatic heterocycles. The third kappa shape index (κ3) is 5.77. The molecule has 1 aliphatic rings. The summed E-state index contributed by atoms with van der Waals surface area (Å²) in [5.74, 6) is -0.851. The molecule has 0 saturated carbocycles. The van der Waals surface area contributed by atoms with Gasteiger partial charge in [0.2, 0.25) is 15.9 Å². The van der Waals surface area contributed by atoms with Crippen molar-refractivity contribution in [2.24, 2.45) is 0 Å². The van der Waals surface area contributed by atoms with Crippen LogP contribution in [0.25, 0.3) is 0 Å². The predicted molar refractivity (Wildman–Crippen MR) is 93.4 cm³/mol. The normalized spacial score (nSPS) is 17.7. The van der Waals surface area contributed by atoms with Crippen LogP contribution in [0.3, 0.4) is 0 Å². The van der Waals surface area contributed by atoms with Crippen LogP contribution in [0, 0.1) is 0 Å². The van der Waals surface area contributed by atoms with Gasteiger partial charge in [-0.15, -0.1) is 0 Å². The first-order chi connectivity index (χ1) is 12.3. The fourth-order valence-electron chi connectivity index (χ4n) is 2.35. The topological polar surface area (TPSA) is 114 Å².